The number of fused-ring (bicyclic) bond motifs is 1. The van der Waals surface area contributed by atoms with Gasteiger partial charge in [-0.15, -0.1) is 0 Å². The fraction of sp³-hybridized carbons (Fsp3) is 0.238. The van der Waals surface area contributed by atoms with E-state index in [1.54, 1.807) is 30.3 Å². The van der Waals surface area contributed by atoms with Crippen molar-refractivity contribution in [2.24, 2.45) is 0 Å². The smallest absolute Gasteiger partial charge is 0.307 e. The first-order valence-corrected chi connectivity index (χ1v) is 10.9. The molecule has 0 bridgehead atoms. The Morgan fingerprint density at radius 1 is 0.931 bits per heavy atom. The van der Waals surface area contributed by atoms with Crippen LogP contribution in [0.1, 0.15) is 24.4 Å². The number of H-pyrrole nitrogens is 1. The molecule has 0 spiro atoms. The van der Waals surface area contributed by atoms with E-state index in [9.17, 15) is 18.0 Å². The summed E-state index contributed by atoms with van der Waals surface area (Å²) < 4.78 is 27.8. The number of nitrogens with one attached hydrogen (secondary N) is 1. The Kier molecular flexibility index (Phi) is 5.21. The van der Waals surface area contributed by atoms with Crippen molar-refractivity contribution in [3.05, 3.63) is 86.4 Å². The van der Waals surface area contributed by atoms with Crippen molar-refractivity contribution in [1.82, 2.24) is 13.9 Å². The molecule has 2 heterocycles. The van der Waals surface area contributed by atoms with Crippen LogP contribution in [0.2, 0.25) is 0 Å². The molecular formula is C21H21N3O4S. The van der Waals surface area contributed by atoms with Crippen LogP contribution < -0.4 is 11.2 Å². The molecule has 150 valence electrons. The third-order valence-electron chi connectivity index (χ3n) is 5.22. The highest BCUT2D eigenvalue weighted by Gasteiger charge is 2.28. The van der Waals surface area contributed by atoms with Gasteiger partial charge in [0, 0.05) is 24.5 Å². The molecule has 0 unspecified atom stereocenters. The zero-order valence-electron chi connectivity index (χ0n) is 15.7. The Balaban J connectivity index is 1.53. The third kappa shape index (κ3) is 3.94. The summed E-state index contributed by atoms with van der Waals surface area (Å²) in [5.41, 5.74) is 0.513. The van der Waals surface area contributed by atoms with Crippen LogP contribution in [0.4, 0.5) is 0 Å². The van der Waals surface area contributed by atoms with Crippen LogP contribution in [-0.4, -0.2) is 35.4 Å². The largest absolute Gasteiger partial charge is 0.329 e. The van der Waals surface area contributed by atoms with Crippen LogP contribution in [-0.2, 0) is 10.0 Å². The van der Waals surface area contributed by atoms with Gasteiger partial charge in [-0.05, 0) is 36.6 Å². The van der Waals surface area contributed by atoms with Crippen LogP contribution in [0.25, 0.3) is 17.0 Å². The number of sulfonamides is 1. The van der Waals surface area contributed by atoms with Gasteiger partial charge in [-0.2, -0.15) is 4.31 Å². The number of hydrogen-bond acceptors (Lipinski definition) is 4. The molecule has 4 rings (SSSR count). The maximum absolute atomic E-state index is 12.8. The summed E-state index contributed by atoms with van der Waals surface area (Å²) in [5, 5.41) is 1.66. The molecule has 1 fully saturated rings. The molecule has 0 amide bonds. The summed E-state index contributed by atoms with van der Waals surface area (Å²) in [6.45, 7) is 0.510. The minimum absolute atomic E-state index is 0.255. The second-order valence-electron chi connectivity index (χ2n) is 7.04. The fourth-order valence-electron chi connectivity index (χ4n) is 3.68. The molecule has 1 saturated heterocycles. The van der Waals surface area contributed by atoms with Crippen LogP contribution >= 0.6 is 0 Å². The summed E-state index contributed by atoms with van der Waals surface area (Å²) >= 11 is 0. The van der Waals surface area contributed by atoms with Gasteiger partial charge in [0.1, 0.15) is 0 Å². The van der Waals surface area contributed by atoms with Crippen LogP contribution in [0.5, 0.6) is 0 Å². The van der Waals surface area contributed by atoms with Crippen molar-refractivity contribution in [1.29, 1.82) is 0 Å². The minimum Gasteiger partial charge on any atom is -0.307 e. The number of hydrogen-bond donors (Lipinski definition) is 1. The molecule has 0 radical (unpaired) electrons. The number of aromatic amines is 1. The van der Waals surface area contributed by atoms with E-state index < -0.39 is 15.7 Å². The molecule has 1 N–H and O–H groups in total. The van der Waals surface area contributed by atoms with Crippen molar-refractivity contribution in [3.8, 4) is 0 Å². The van der Waals surface area contributed by atoms with Gasteiger partial charge in [-0.25, -0.2) is 13.2 Å². The van der Waals surface area contributed by atoms with Crippen LogP contribution in [0.3, 0.4) is 0 Å². The number of benzene rings is 2. The third-order valence-corrected chi connectivity index (χ3v) is 6.78. The molecule has 29 heavy (non-hydrogen) atoms. The van der Waals surface area contributed by atoms with E-state index in [2.05, 4.69) is 4.98 Å². The minimum atomic E-state index is -3.56. The van der Waals surface area contributed by atoms with Crippen molar-refractivity contribution in [2.75, 3.05) is 13.1 Å². The van der Waals surface area contributed by atoms with Crippen molar-refractivity contribution in [3.63, 3.8) is 0 Å². The lowest BCUT2D eigenvalue weighted by atomic mass is 10.1. The lowest BCUT2D eigenvalue weighted by molar-refractivity contribution is 0.268. The van der Waals surface area contributed by atoms with E-state index in [4.69, 9.17) is 0 Å². The Morgan fingerprint density at radius 3 is 2.31 bits per heavy atom. The first-order valence-electron chi connectivity index (χ1n) is 9.42. The highest BCUT2D eigenvalue weighted by molar-refractivity contribution is 7.92. The number of piperidine rings is 1. The van der Waals surface area contributed by atoms with Gasteiger partial charge in [-0.3, -0.25) is 9.36 Å². The van der Waals surface area contributed by atoms with Gasteiger partial charge >= 0.3 is 5.69 Å². The molecule has 1 aliphatic heterocycles. The summed E-state index contributed by atoms with van der Waals surface area (Å²) in [7, 11) is -3.56. The Morgan fingerprint density at radius 2 is 1.59 bits per heavy atom. The Hall–Kier alpha value is -2.97. The van der Waals surface area contributed by atoms with Gasteiger partial charge < -0.3 is 4.98 Å². The summed E-state index contributed by atoms with van der Waals surface area (Å²) in [5.74, 6) is 0. The van der Waals surface area contributed by atoms with E-state index in [-0.39, 0.29) is 24.7 Å². The Bertz CT molecular complexity index is 1270. The number of rotatable bonds is 4. The zero-order valence-corrected chi connectivity index (χ0v) is 16.5. The molecular weight excluding hydrogens is 390 g/mol. The van der Waals surface area contributed by atoms with Crippen molar-refractivity contribution >= 4 is 27.0 Å². The monoisotopic (exact) mass is 411 g/mol. The predicted octanol–water partition coefficient (Wildman–Crippen LogP) is 2.33. The number of para-hydroxylation sites is 1. The van der Waals surface area contributed by atoms with Gasteiger partial charge in [0.05, 0.1) is 10.9 Å². The standard InChI is InChI=1S/C21H21N3O4S/c25-20-18-8-4-5-9-19(18)22-21(26)24(20)17-10-13-23(14-11-17)29(27,28)15-12-16-6-2-1-3-7-16/h1-9,12,15,17H,10-11,13-14H2,(H,22,26)/b15-12+. The summed E-state index contributed by atoms with van der Waals surface area (Å²) in [6.07, 6.45) is 2.37. The van der Waals surface area contributed by atoms with Gasteiger partial charge in [0.15, 0.2) is 0 Å². The highest BCUT2D eigenvalue weighted by atomic mass is 32.2. The van der Waals surface area contributed by atoms with Crippen LogP contribution in [0, 0.1) is 0 Å². The number of aromatic nitrogens is 2. The maximum Gasteiger partial charge on any atom is 0.329 e. The zero-order chi connectivity index (χ0) is 20.4. The first-order chi connectivity index (χ1) is 14.0. The lowest BCUT2D eigenvalue weighted by Gasteiger charge is -2.30. The summed E-state index contributed by atoms with van der Waals surface area (Å²) in [4.78, 5) is 28.0. The van der Waals surface area contributed by atoms with E-state index >= 15 is 0 Å². The molecule has 3 aromatic rings. The molecule has 0 atom stereocenters. The highest BCUT2D eigenvalue weighted by Crippen LogP contribution is 2.23. The van der Waals surface area contributed by atoms with Gasteiger partial charge in [-0.1, -0.05) is 42.5 Å². The molecule has 8 heteroatoms. The van der Waals surface area contributed by atoms with Crippen molar-refractivity contribution in [2.45, 2.75) is 18.9 Å². The van der Waals surface area contributed by atoms with E-state index in [0.717, 1.165) is 5.56 Å². The van der Waals surface area contributed by atoms with E-state index in [1.165, 1.54) is 14.3 Å². The average molecular weight is 411 g/mol. The topological polar surface area (TPSA) is 92.2 Å². The second-order valence-corrected chi connectivity index (χ2v) is 8.86. The van der Waals surface area contributed by atoms with Gasteiger partial charge in [0.2, 0.25) is 10.0 Å². The molecule has 7 nitrogen and oxygen atoms in total. The normalized spacial score (nSPS) is 16.6. The van der Waals surface area contributed by atoms with E-state index in [1.807, 2.05) is 30.3 Å². The SMILES string of the molecule is O=c1[nH]c2ccccc2c(=O)n1C1CCN(S(=O)(=O)/C=C/c2ccccc2)CC1. The fourth-order valence-corrected chi connectivity index (χ4v) is 4.90. The lowest BCUT2D eigenvalue weighted by Crippen LogP contribution is -2.44. The predicted molar refractivity (Wildman–Crippen MR) is 113 cm³/mol. The molecule has 0 aliphatic carbocycles. The maximum atomic E-state index is 12.8. The Labute approximate surface area is 168 Å². The average Bonchev–Trinajstić information content (AvgIpc) is 2.73. The molecule has 1 aliphatic rings. The molecule has 0 saturated carbocycles. The number of nitrogens with zero attached hydrogens (tertiary/aromatic N) is 2. The molecule has 1 aromatic heterocycles. The first kappa shape index (κ1) is 19.4. The van der Waals surface area contributed by atoms with Crippen LogP contribution in [0.15, 0.2) is 69.6 Å². The summed E-state index contributed by atoms with van der Waals surface area (Å²) in [6, 6.07) is 15.8. The quantitative estimate of drug-likeness (QED) is 0.713. The van der Waals surface area contributed by atoms with E-state index in [0.29, 0.717) is 23.7 Å². The molecule has 2 aromatic carbocycles. The second kappa shape index (κ2) is 7.81. The van der Waals surface area contributed by atoms with Gasteiger partial charge in [0.25, 0.3) is 5.56 Å². The van der Waals surface area contributed by atoms with Crippen molar-refractivity contribution < 1.29 is 8.42 Å².